The zero-order valence-electron chi connectivity index (χ0n) is 9.36. The lowest BCUT2D eigenvalue weighted by atomic mass is 10.3. The molecule has 6 heteroatoms. The van der Waals surface area contributed by atoms with Crippen LogP contribution in [0.15, 0.2) is 23.1 Å². The molecule has 17 heavy (non-hydrogen) atoms. The molecule has 1 heterocycles. The molecule has 0 unspecified atom stereocenters. The van der Waals surface area contributed by atoms with E-state index in [1.165, 1.54) is 22.5 Å². The maximum absolute atomic E-state index is 12.4. The van der Waals surface area contributed by atoms with Crippen LogP contribution in [0.3, 0.4) is 0 Å². The SMILES string of the molecule is C[C@@H]1CCCN1S(=O)(=O)c1cc(Cl)cc(Cl)c1. The van der Waals surface area contributed by atoms with Crippen LogP contribution in [0, 0.1) is 0 Å². The van der Waals surface area contributed by atoms with E-state index in [0.717, 1.165) is 12.8 Å². The fourth-order valence-electron chi connectivity index (χ4n) is 2.08. The molecular weight excluding hydrogens is 281 g/mol. The normalized spacial score (nSPS) is 21.9. The van der Waals surface area contributed by atoms with E-state index in [2.05, 4.69) is 0 Å². The first-order valence-electron chi connectivity index (χ1n) is 5.39. The van der Waals surface area contributed by atoms with E-state index < -0.39 is 10.0 Å². The summed E-state index contributed by atoms with van der Waals surface area (Å²) in [7, 11) is -3.47. The van der Waals surface area contributed by atoms with E-state index in [9.17, 15) is 8.42 Å². The van der Waals surface area contributed by atoms with E-state index in [1.807, 2.05) is 6.92 Å². The number of halogens is 2. The Morgan fingerprint density at radius 3 is 2.29 bits per heavy atom. The number of hydrogen-bond acceptors (Lipinski definition) is 2. The van der Waals surface area contributed by atoms with E-state index in [1.54, 1.807) is 0 Å². The molecule has 1 aliphatic heterocycles. The summed E-state index contributed by atoms with van der Waals surface area (Å²) in [6, 6.07) is 4.44. The van der Waals surface area contributed by atoms with Gasteiger partial charge >= 0.3 is 0 Å². The van der Waals surface area contributed by atoms with Crippen LogP contribution in [-0.2, 0) is 10.0 Å². The Bertz CT molecular complexity index is 510. The van der Waals surface area contributed by atoms with Crippen LogP contribution in [0.4, 0.5) is 0 Å². The monoisotopic (exact) mass is 293 g/mol. The third-order valence-electron chi connectivity index (χ3n) is 2.93. The van der Waals surface area contributed by atoms with Crippen molar-refractivity contribution in [3.63, 3.8) is 0 Å². The summed E-state index contributed by atoms with van der Waals surface area (Å²) in [5, 5.41) is 0.672. The highest BCUT2D eigenvalue weighted by atomic mass is 35.5. The van der Waals surface area contributed by atoms with Gasteiger partial charge in [-0.25, -0.2) is 8.42 Å². The Morgan fingerprint density at radius 2 is 1.82 bits per heavy atom. The predicted octanol–water partition coefficient (Wildman–Crippen LogP) is 3.17. The van der Waals surface area contributed by atoms with Crippen LogP contribution in [0.2, 0.25) is 10.0 Å². The van der Waals surface area contributed by atoms with Crippen molar-refractivity contribution in [3.8, 4) is 0 Å². The van der Waals surface area contributed by atoms with Gasteiger partial charge in [0.2, 0.25) is 10.0 Å². The number of rotatable bonds is 2. The molecule has 1 aliphatic rings. The molecule has 0 radical (unpaired) electrons. The zero-order valence-corrected chi connectivity index (χ0v) is 11.7. The Morgan fingerprint density at radius 1 is 1.24 bits per heavy atom. The highest BCUT2D eigenvalue weighted by molar-refractivity contribution is 7.89. The van der Waals surface area contributed by atoms with E-state index in [0.29, 0.717) is 16.6 Å². The van der Waals surface area contributed by atoms with E-state index in [4.69, 9.17) is 23.2 Å². The standard InChI is InChI=1S/C11H13Cl2NO2S/c1-8-3-2-4-14(8)17(15,16)11-6-9(12)5-10(13)7-11/h5-8H,2-4H2,1H3/t8-/m1/s1. The number of sulfonamides is 1. The number of benzene rings is 1. The summed E-state index contributed by atoms with van der Waals surface area (Å²) < 4.78 is 26.2. The van der Waals surface area contributed by atoms with Gasteiger partial charge in [0.25, 0.3) is 0 Å². The van der Waals surface area contributed by atoms with Crippen molar-refractivity contribution >= 4 is 33.2 Å². The molecule has 0 bridgehead atoms. The van der Waals surface area contributed by atoms with E-state index in [-0.39, 0.29) is 10.9 Å². The minimum Gasteiger partial charge on any atom is -0.207 e. The van der Waals surface area contributed by atoms with Gasteiger partial charge in [-0.15, -0.1) is 0 Å². The van der Waals surface area contributed by atoms with Crippen LogP contribution < -0.4 is 0 Å². The predicted molar refractivity (Wildman–Crippen MR) is 69.0 cm³/mol. The van der Waals surface area contributed by atoms with Gasteiger partial charge in [0.05, 0.1) is 4.90 Å². The first kappa shape index (κ1) is 13.1. The Balaban J connectivity index is 2.44. The molecule has 1 saturated heterocycles. The molecule has 0 N–H and O–H groups in total. The second-order valence-corrected chi connectivity index (χ2v) is 6.98. The van der Waals surface area contributed by atoms with Gasteiger partial charge in [0.15, 0.2) is 0 Å². The minimum absolute atomic E-state index is 0.0396. The van der Waals surface area contributed by atoms with Gasteiger partial charge in [-0.3, -0.25) is 0 Å². The van der Waals surface area contributed by atoms with Gasteiger partial charge in [0.1, 0.15) is 0 Å². The van der Waals surface area contributed by atoms with Crippen LogP contribution in [0.5, 0.6) is 0 Å². The summed E-state index contributed by atoms with van der Waals surface area (Å²) in [5.74, 6) is 0. The first-order chi connectivity index (χ1) is 7.91. The summed E-state index contributed by atoms with van der Waals surface area (Å²) in [5.41, 5.74) is 0. The zero-order chi connectivity index (χ0) is 12.6. The largest absolute Gasteiger partial charge is 0.243 e. The average molecular weight is 294 g/mol. The molecule has 1 fully saturated rings. The van der Waals surface area contributed by atoms with Crippen molar-refractivity contribution in [2.45, 2.75) is 30.7 Å². The van der Waals surface area contributed by atoms with Crippen molar-refractivity contribution in [2.24, 2.45) is 0 Å². The fourth-order valence-corrected chi connectivity index (χ4v) is 4.50. The summed E-state index contributed by atoms with van der Waals surface area (Å²) in [6.07, 6.45) is 1.79. The fraction of sp³-hybridized carbons (Fsp3) is 0.455. The Hall–Kier alpha value is -0.290. The maximum atomic E-state index is 12.4. The van der Waals surface area contributed by atoms with E-state index >= 15 is 0 Å². The van der Waals surface area contributed by atoms with Gasteiger partial charge in [-0.05, 0) is 38.0 Å². The van der Waals surface area contributed by atoms with Crippen molar-refractivity contribution < 1.29 is 8.42 Å². The molecule has 0 aliphatic carbocycles. The summed E-state index contributed by atoms with van der Waals surface area (Å²) in [6.45, 7) is 2.48. The summed E-state index contributed by atoms with van der Waals surface area (Å²) >= 11 is 11.7. The van der Waals surface area contributed by atoms with Gasteiger partial charge in [-0.2, -0.15) is 4.31 Å². The molecule has 0 aromatic heterocycles. The second-order valence-electron chi connectivity index (χ2n) is 4.21. The molecule has 0 saturated carbocycles. The highest BCUT2D eigenvalue weighted by Gasteiger charge is 2.32. The second kappa shape index (κ2) is 4.76. The molecule has 1 atom stereocenters. The Labute approximate surface area is 111 Å². The molecule has 1 aromatic rings. The van der Waals surface area contributed by atoms with Gasteiger partial charge in [-0.1, -0.05) is 23.2 Å². The van der Waals surface area contributed by atoms with Gasteiger partial charge in [0, 0.05) is 22.6 Å². The summed E-state index contributed by atoms with van der Waals surface area (Å²) in [4.78, 5) is 0.170. The van der Waals surface area contributed by atoms with Crippen LogP contribution >= 0.6 is 23.2 Å². The molecule has 0 amide bonds. The Kier molecular flexibility index (Phi) is 3.69. The highest BCUT2D eigenvalue weighted by Crippen LogP contribution is 2.29. The number of nitrogens with zero attached hydrogens (tertiary/aromatic N) is 1. The van der Waals surface area contributed by atoms with Crippen molar-refractivity contribution in [1.82, 2.24) is 4.31 Å². The van der Waals surface area contributed by atoms with Crippen molar-refractivity contribution in [1.29, 1.82) is 0 Å². The third-order valence-corrected chi connectivity index (χ3v) is 5.36. The third kappa shape index (κ3) is 2.60. The molecule has 0 spiro atoms. The molecular formula is C11H13Cl2NO2S. The van der Waals surface area contributed by atoms with Crippen LogP contribution in [0.1, 0.15) is 19.8 Å². The molecule has 1 aromatic carbocycles. The first-order valence-corrected chi connectivity index (χ1v) is 7.59. The quantitative estimate of drug-likeness (QED) is 0.840. The topological polar surface area (TPSA) is 37.4 Å². The molecule has 2 rings (SSSR count). The lowest BCUT2D eigenvalue weighted by Gasteiger charge is -2.21. The number of hydrogen-bond donors (Lipinski definition) is 0. The average Bonchev–Trinajstić information content (AvgIpc) is 2.63. The van der Waals surface area contributed by atoms with Gasteiger partial charge < -0.3 is 0 Å². The smallest absolute Gasteiger partial charge is 0.207 e. The molecule has 94 valence electrons. The lowest BCUT2D eigenvalue weighted by molar-refractivity contribution is 0.408. The lowest BCUT2D eigenvalue weighted by Crippen LogP contribution is -2.33. The van der Waals surface area contributed by atoms with Crippen molar-refractivity contribution in [3.05, 3.63) is 28.2 Å². The maximum Gasteiger partial charge on any atom is 0.243 e. The van der Waals surface area contributed by atoms with Crippen molar-refractivity contribution in [2.75, 3.05) is 6.54 Å². The minimum atomic E-state index is -3.47. The van der Waals surface area contributed by atoms with Crippen LogP contribution in [-0.4, -0.2) is 25.3 Å². The van der Waals surface area contributed by atoms with Crippen LogP contribution in [0.25, 0.3) is 0 Å². The molecule has 3 nitrogen and oxygen atoms in total.